The van der Waals surface area contributed by atoms with Gasteiger partial charge in [-0.2, -0.15) is 0 Å². The van der Waals surface area contributed by atoms with Crippen molar-refractivity contribution in [1.82, 2.24) is 5.32 Å². The van der Waals surface area contributed by atoms with Gasteiger partial charge in [-0.25, -0.2) is 9.18 Å². The van der Waals surface area contributed by atoms with Crippen molar-refractivity contribution >= 4 is 5.97 Å². The molecule has 0 aliphatic heterocycles. The third-order valence-electron chi connectivity index (χ3n) is 1.79. The highest BCUT2D eigenvalue weighted by molar-refractivity contribution is 5.87. The molecule has 0 unspecified atom stereocenters. The van der Waals surface area contributed by atoms with E-state index < -0.39 is 11.8 Å². The lowest BCUT2D eigenvalue weighted by Crippen LogP contribution is -2.16. The summed E-state index contributed by atoms with van der Waals surface area (Å²) in [5.41, 5.74) is -0.0894. The van der Waals surface area contributed by atoms with Crippen molar-refractivity contribution in [2.45, 2.75) is 0 Å². The predicted molar refractivity (Wildman–Crippen MR) is 52.8 cm³/mol. The number of carboxylic acids is 1. The van der Waals surface area contributed by atoms with Crippen LogP contribution in [0.15, 0.2) is 18.2 Å². The van der Waals surface area contributed by atoms with Crippen molar-refractivity contribution < 1.29 is 19.0 Å². The van der Waals surface area contributed by atoms with Crippen LogP contribution in [0.4, 0.5) is 4.39 Å². The molecule has 15 heavy (non-hydrogen) atoms. The maximum atomic E-state index is 13.2. The van der Waals surface area contributed by atoms with Gasteiger partial charge in [0.05, 0.1) is 5.56 Å². The molecule has 5 heteroatoms. The van der Waals surface area contributed by atoms with Crippen LogP contribution in [-0.2, 0) is 0 Å². The van der Waals surface area contributed by atoms with Gasteiger partial charge in [0.25, 0.3) is 0 Å². The molecule has 0 aliphatic rings. The molecule has 4 nitrogen and oxygen atoms in total. The molecule has 1 rings (SSSR count). The zero-order valence-corrected chi connectivity index (χ0v) is 8.29. The molecule has 0 radical (unpaired) electrons. The normalized spacial score (nSPS) is 10.0. The van der Waals surface area contributed by atoms with Gasteiger partial charge in [0.1, 0.15) is 6.61 Å². The standard InChI is InChI=1S/C10H12FNO3/c1-12-4-5-15-9-3-2-7(10(13)14)6-8(9)11/h2-3,6,12H,4-5H2,1H3,(H,13,14). The lowest BCUT2D eigenvalue weighted by Gasteiger charge is -2.06. The molecule has 0 saturated carbocycles. The molecular weight excluding hydrogens is 201 g/mol. The minimum absolute atomic E-state index is 0.0650. The van der Waals surface area contributed by atoms with E-state index in [-0.39, 0.29) is 11.3 Å². The summed E-state index contributed by atoms with van der Waals surface area (Å²) >= 11 is 0. The number of hydrogen-bond acceptors (Lipinski definition) is 3. The molecule has 82 valence electrons. The number of aromatic carboxylic acids is 1. The fourth-order valence-corrected chi connectivity index (χ4v) is 1.01. The number of benzene rings is 1. The van der Waals surface area contributed by atoms with Crippen LogP contribution < -0.4 is 10.1 Å². The summed E-state index contributed by atoms with van der Waals surface area (Å²) in [6, 6.07) is 3.56. The summed E-state index contributed by atoms with van der Waals surface area (Å²) in [5.74, 6) is -1.75. The van der Waals surface area contributed by atoms with Gasteiger partial charge in [-0.3, -0.25) is 0 Å². The molecule has 0 saturated heterocycles. The molecule has 0 bridgehead atoms. The van der Waals surface area contributed by atoms with Crippen molar-refractivity contribution in [3.8, 4) is 5.75 Å². The SMILES string of the molecule is CNCCOc1ccc(C(=O)O)cc1F. The largest absolute Gasteiger partial charge is 0.489 e. The first-order chi connectivity index (χ1) is 7.15. The first kappa shape index (κ1) is 11.5. The van der Waals surface area contributed by atoms with Gasteiger partial charge in [0.2, 0.25) is 0 Å². The summed E-state index contributed by atoms with van der Waals surface area (Å²) < 4.78 is 18.3. The second-order valence-corrected chi connectivity index (χ2v) is 2.90. The third-order valence-corrected chi connectivity index (χ3v) is 1.79. The Labute approximate surface area is 86.7 Å². The predicted octanol–water partition coefficient (Wildman–Crippen LogP) is 1.12. The van der Waals surface area contributed by atoms with E-state index in [0.717, 1.165) is 6.07 Å². The third kappa shape index (κ3) is 3.21. The smallest absolute Gasteiger partial charge is 0.335 e. The highest BCUT2D eigenvalue weighted by Gasteiger charge is 2.08. The summed E-state index contributed by atoms with van der Waals surface area (Å²) in [7, 11) is 1.76. The quantitative estimate of drug-likeness (QED) is 0.720. The fraction of sp³-hybridized carbons (Fsp3) is 0.300. The van der Waals surface area contributed by atoms with Crippen molar-refractivity contribution in [3.05, 3.63) is 29.6 Å². The number of ether oxygens (including phenoxy) is 1. The highest BCUT2D eigenvalue weighted by Crippen LogP contribution is 2.18. The van der Waals surface area contributed by atoms with Gasteiger partial charge < -0.3 is 15.2 Å². The Kier molecular flexibility index (Phi) is 4.05. The minimum atomic E-state index is -1.16. The van der Waals surface area contributed by atoms with E-state index in [1.54, 1.807) is 7.05 Å². The molecule has 0 atom stereocenters. The van der Waals surface area contributed by atoms with Gasteiger partial charge in [0, 0.05) is 6.54 Å². The van der Waals surface area contributed by atoms with Crippen molar-refractivity contribution in [3.63, 3.8) is 0 Å². The lowest BCUT2D eigenvalue weighted by atomic mass is 10.2. The Bertz CT molecular complexity index is 355. The van der Waals surface area contributed by atoms with Gasteiger partial charge >= 0.3 is 5.97 Å². The van der Waals surface area contributed by atoms with Crippen LogP contribution in [0.3, 0.4) is 0 Å². The van der Waals surface area contributed by atoms with Crippen LogP contribution in [0.5, 0.6) is 5.75 Å². The molecule has 0 aliphatic carbocycles. The fourth-order valence-electron chi connectivity index (χ4n) is 1.01. The van der Waals surface area contributed by atoms with E-state index in [1.807, 2.05) is 0 Å². The van der Waals surface area contributed by atoms with Gasteiger partial charge in [-0.1, -0.05) is 0 Å². The number of likely N-dealkylation sites (N-methyl/N-ethyl adjacent to an activating group) is 1. The van der Waals surface area contributed by atoms with Crippen molar-refractivity contribution in [2.75, 3.05) is 20.2 Å². The summed E-state index contributed by atoms with van der Waals surface area (Å²) in [6.45, 7) is 0.931. The van der Waals surface area contributed by atoms with Crippen LogP contribution in [0.1, 0.15) is 10.4 Å². The Morgan fingerprint density at radius 1 is 1.60 bits per heavy atom. The van der Waals surface area contributed by atoms with E-state index in [4.69, 9.17) is 9.84 Å². The van der Waals surface area contributed by atoms with Gasteiger partial charge in [0.15, 0.2) is 11.6 Å². The minimum Gasteiger partial charge on any atom is -0.489 e. The van der Waals surface area contributed by atoms with Crippen LogP contribution in [0, 0.1) is 5.82 Å². The van der Waals surface area contributed by atoms with E-state index in [1.165, 1.54) is 12.1 Å². The maximum absolute atomic E-state index is 13.2. The van der Waals surface area contributed by atoms with Crippen molar-refractivity contribution in [1.29, 1.82) is 0 Å². The monoisotopic (exact) mass is 213 g/mol. The average Bonchev–Trinajstić information content (AvgIpc) is 2.20. The molecular formula is C10H12FNO3. The molecule has 0 amide bonds. The van der Waals surface area contributed by atoms with Crippen LogP contribution >= 0.6 is 0 Å². The van der Waals surface area contributed by atoms with Crippen LogP contribution in [0.25, 0.3) is 0 Å². The number of halogens is 1. The molecule has 0 fully saturated rings. The Morgan fingerprint density at radius 3 is 2.87 bits per heavy atom. The number of nitrogens with one attached hydrogen (secondary N) is 1. The van der Waals surface area contributed by atoms with Gasteiger partial charge in [-0.15, -0.1) is 0 Å². The van der Waals surface area contributed by atoms with E-state index >= 15 is 0 Å². The topological polar surface area (TPSA) is 58.6 Å². The Morgan fingerprint density at radius 2 is 2.33 bits per heavy atom. The first-order valence-corrected chi connectivity index (χ1v) is 4.45. The second kappa shape index (κ2) is 5.31. The van der Waals surface area contributed by atoms with Crippen molar-refractivity contribution in [2.24, 2.45) is 0 Å². The number of rotatable bonds is 5. The zero-order chi connectivity index (χ0) is 11.3. The average molecular weight is 213 g/mol. The summed E-state index contributed by atoms with van der Waals surface area (Å²) in [6.07, 6.45) is 0. The van der Waals surface area contributed by atoms with E-state index in [0.29, 0.717) is 13.2 Å². The highest BCUT2D eigenvalue weighted by atomic mass is 19.1. The molecule has 1 aromatic carbocycles. The van der Waals surface area contributed by atoms with Gasteiger partial charge in [-0.05, 0) is 25.2 Å². The molecule has 2 N–H and O–H groups in total. The zero-order valence-electron chi connectivity index (χ0n) is 8.29. The Hall–Kier alpha value is -1.62. The van der Waals surface area contributed by atoms with Crippen LogP contribution in [0.2, 0.25) is 0 Å². The van der Waals surface area contributed by atoms with E-state index in [2.05, 4.69) is 5.32 Å². The van der Waals surface area contributed by atoms with Crippen LogP contribution in [-0.4, -0.2) is 31.3 Å². The lowest BCUT2D eigenvalue weighted by molar-refractivity contribution is 0.0696. The first-order valence-electron chi connectivity index (χ1n) is 4.45. The Balaban J connectivity index is 2.70. The molecule has 0 spiro atoms. The summed E-state index contributed by atoms with van der Waals surface area (Å²) in [4.78, 5) is 10.5. The molecule has 0 aromatic heterocycles. The maximum Gasteiger partial charge on any atom is 0.335 e. The number of hydrogen-bond donors (Lipinski definition) is 2. The second-order valence-electron chi connectivity index (χ2n) is 2.90. The van der Waals surface area contributed by atoms with E-state index in [9.17, 15) is 9.18 Å². The number of carbonyl (C=O) groups is 1. The summed E-state index contributed by atoms with van der Waals surface area (Å²) in [5, 5.41) is 11.4. The molecule has 1 aromatic rings. The number of carboxylic acid groups (broad SMARTS) is 1. The molecule has 0 heterocycles.